The molecule has 124 valence electrons. The van der Waals surface area contributed by atoms with Crippen molar-refractivity contribution in [1.82, 2.24) is 19.9 Å². The summed E-state index contributed by atoms with van der Waals surface area (Å²) in [6, 6.07) is 5.17. The molecule has 24 heavy (non-hydrogen) atoms. The van der Waals surface area contributed by atoms with E-state index in [0.717, 1.165) is 12.2 Å². The van der Waals surface area contributed by atoms with Gasteiger partial charge in [0, 0.05) is 43.4 Å². The molecule has 2 aromatic heterocycles. The number of aromatic nitrogens is 3. The maximum atomic E-state index is 13.3. The number of rotatable bonds is 5. The Morgan fingerprint density at radius 1 is 1.38 bits per heavy atom. The number of benzene rings is 1. The molecule has 0 aliphatic carbocycles. The molecule has 0 spiro atoms. The van der Waals surface area contributed by atoms with Crippen molar-refractivity contribution in [2.45, 2.75) is 19.9 Å². The van der Waals surface area contributed by atoms with Crippen LogP contribution < -0.4 is 10.9 Å². The van der Waals surface area contributed by atoms with Crippen molar-refractivity contribution in [2.24, 2.45) is 0 Å². The zero-order valence-electron chi connectivity index (χ0n) is 13.2. The standard InChI is InChI=1S/C17H17FN4O2/c1-2-15-19-5-7-22(15)8-6-20-17(24)13-10-16(23)21-14-9-11(18)3-4-12(13)14/h3-5,7,9-10H,2,6,8H2,1H3,(H,20,24)(H,21,23). The second-order valence-corrected chi connectivity index (χ2v) is 5.38. The van der Waals surface area contributed by atoms with E-state index < -0.39 is 11.4 Å². The summed E-state index contributed by atoms with van der Waals surface area (Å²) in [6.07, 6.45) is 4.39. The average Bonchev–Trinajstić information content (AvgIpc) is 3.01. The summed E-state index contributed by atoms with van der Waals surface area (Å²) in [6.45, 7) is 3.00. The Labute approximate surface area is 137 Å². The van der Waals surface area contributed by atoms with Crippen molar-refractivity contribution < 1.29 is 9.18 Å². The van der Waals surface area contributed by atoms with Gasteiger partial charge in [-0.05, 0) is 18.2 Å². The van der Waals surface area contributed by atoms with Gasteiger partial charge in [0.15, 0.2) is 0 Å². The Bertz CT molecular complexity index is 945. The van der Waals surface area contributed by atoms with E-state index in [4.69, 9.17) is 0 Å². The fourth-order valence-corrected chi connectivity index (χ4v) is 2.66. The molecule has 0 saturated carbocycles. The van der Waals surface area contributed by atoms with Gasteiger partial charge in [-0.3, -0.25) is 9.59 Å². The molecule has 3 rings (SSSR count). The van der Waals surface area contributed by atoms with E-state index in [1.165, 1.54) is 24.3 Å². The summed E-state index contributed by atoms with van der Waals surface area (Å²) in [5.41, 5.74) is 0.0896. The van der Waals surface area contributed by atoms with E-state index in [1.54, 1.807) is 6.20 Å². The topological polar surface area (TPSA) is 79.8 Å². The van der Waals surface area contributed by atoms with Crippen LogP contribution in [0.15, 0.2) is 41.5 Å². The van der Waals surface area contributed by atoms with E-state index >= 15 is 0 Å². The van der Waals surface area contributed by atoms with Crippen molar-refractivity contribution >= 4 is 16.8 Å². The number of halogens is 1. The quantitative estimate of drug-likeness (QED) is 0.750. The SMILES string of the molecule is CCc1nccn1CCNC(=O)c1cc(=O)[nH]c2cc(F)ccc12. The van der Waals surface area contributed by atoms with Crippen molar-refractivity contribution in [2.75, 3.05) is 6.54 Å². The van der Waals surface area contributed by atoms with Crippen LogP contribution in [0.25, 0.3) is 10.9 Å². The van der Waals surface area contributed by atoms with Crippen LogP contribution in [0.4, 0.5) is 4.39 Å². The van der Waals surface area contributed by atoms with Gasteiger partial charge in [0.2, 0.25) is 5.56 Å². The third-order valence-electron chi connectivity index (χ3n) is 3.81. The highest BCUT2D eigenvalue weighted by molar-refractivity contribution is 6.05. The van der Waals surface area contributed by atoms with Crippen LogP contribution in [0, 0.1) is 5.82 Å². The Morgan fingerprint density at radius 2 is 2.21 bits per heavy atom. The number of imidazole rings is 1. The van der Waals surface area contributed by atoms with Gasteiger partial charge < -0.3 is 14.9 Å². The molecule has 0 radical (unpaired) electrons. The second-order valence-electron chi connectivity index (χ2n) is 5.38. The highest BCUT2D eigenvalue weighted by Gasteiger charge is 2.12. The van der Waals surface area contributed by atoms with E-state index in [0.29, 0.717) is 24.0 Å². The molecule has 7 heteroatoms. The largest absolute Gasteiger partial charge is 0.350 e. The Kier molecular flexibility index (Phi) is 4.41. The maximum absolute atomic E-state index is 13.3. The summed E-state index contributed by atoms with van der Waals surface area (Å²) >= 11 is 0. The molecule has 1 aromatic carbocycles. The lowest BCUT2D eigenvalue weighted by Gasteiger charge is -2.10. The van der Waals surface area contributed by atoms with Crippen molar-refractivity contribution in [3.05, 3.63) is 64.2 Å². The maximum Gasteiger partial charge on any atom is 0.252 e. The van der Waals surface area contributed by atoms with Gasteiger partial charge in [0.05, 0.1) is 11.1 Å². The van der Waals surface area contributed by atoms with Gasteiger partial charge in [-0.25, -0.2) is 9.37 Å². The van der Waals surface area contributed by atoms with Crippen molar-refractivity contribution in [3.63, 3.8) is 0 Å². The van der Waals surface area contributed by atoms with Gasteiger partial charge in [0.25, 0.3) is 5.91 Å². The number of nitrogens with one attached hydrogen (secondary N) is 2. The second kappa shape index (κ2) is 6.66. The molecule has 2 heterocycles. The highest BCUT2D eigenvalue weighted by Crippen LogP contribution is 2.16. The minimum atomic E-state index is -0.470. The molecule has 1 amide bonds. The smallest absolute Gasteiger partial charge is 0.252 e. The summed E-state index contributed by atoms with van der Waals surface area (Å²) in [5.74, 6) is 0.111. The molecule has 3 aromatic rings. The van der Waals surface area contributed by atoms with Gasteiger partial charge >= 0.3 is 0 Å². The van der Waals surface area contributed by atoms with Crippen molar-refractivity contribution in [1.29, 1.82) is 0 Å². The molecule has 0 unspecified atom stereocenters. The first-order valence-electron chi connectivity index (χ1n) is 7.69. The zero-order valence-corrected chi connectivity index (χ0v) is 13.2. The number of fused-ring (bicyclic) bond motifs is 1. The molecule has 0 aliphatic heterocycles. The predicted molar refractivity (Wildman–Crippen MR) is 88.5 cm³/mol. The Morgan fingerprint density at radius 3 is 3.00 bits per heavy atom. The third kappa shape index (κ3) is 3.19. The van der Waals surface area contributed by atoms with Gasteiger partial charge in [-0.1, -0.05) is 6.92 Å². The number of nitrogens with zero attached hydrogens (tertiary/aromatic N) is 2. The number of hydrogen-bond donors (Lipinski definition) is 2. The van der Waals surface area contributed by atoms with Gasteiger partial charge in [0.1, 0.15) is 11.6 Å². The fraction of sp³-hybridized carbons (Fsp3) is 0.235. The Hall–Kier alpha value is -2.96. The van der Waals surface area contributed by atoms with Gasteiger partial charge in [-0.15, -0.1) is 0 Å². The van der Waals surface area contributed by atoms with Crippen LogP contribution in [-0.4, -0.2) is 27.0 Å². The molecule has 0 saturated heterocycles. The van der Waals surface area contributed by atoms with Crippen LogP contribution in [0.3, 0.4) is 0 Å². The fourth-order valence-electron chi connectivity index (χ4n) is 2.66. The average molecular weight is 328 g/mol. The van der Waals surface area contributed by atoms with Gasteiger partial charge in [-0.2, -0.15) is 0 Å². The van der Waals surface area contributed by atoms with E-state index in [9.17, 15) is 14.0 Å². The summed E-state index contributed by atoms with van der Waals surface area (Å²) in [7, 11) is 0. The highest BCUT2D eigenvalue weighted by atomic mass is 19.1. The number of H-pyrrole nitrogens is 1. The van der Waals surface area contributed by atoms with E-state index in [2.05, 4.69) is 15.3 Å². The lowest BCUT2D eigenvalue weighted by atomic mass is 10.1. The first-order valence-corrected chi connectivity index (χ1v) is 7.69. The number of hydrogen-bond acceptors (Lipinski definition) is 3. The van der Waals surface area contributed by atoms with Crippen LogP contribution in [-0.2, 0) is 13.0 Å². The molecule has 2 N–H and O–H groups in total. The summed E-state index contributed by atoms with van der Waals surface area (Å²) in [5, 5.41) is 3.29. The first-order chi connectivity index (χ1) is 11.6. The molecule has 0 aliphatic rings. The lowest BCUT2D eigenvalue weighted by molar-refractivity contribution is 0.0953. The lowest BCUT2D eigenvalue weighted by Crippen LogP contribution is -2.28. The summed E-state index contributed by atoms with van der Waals surface area (Å²) in [4.78, 5) is 30.8. The monoisotopic (exact) mass is 328 g/mol. The first kappa shape index (κ1) is 15.9. The van der Waals surface area contributed by atoms with E-state index in [1.807, 2.05) is 17.7 Å². The molecule has 0 atom stereocenters. The molecular formula is C17H17FN4O2. The van der Waals surface area contributed by atoms with Crippen LogP contribution in [0.1, 0.15) is 23.1 Å². The minimum absolute atomic E-state index is 0.232. The normalized spacial score (nSPS) is 10.9. The van der Waals surface area contributed by atoms with Crippen LogP contribution in [0.5, 0.6) is 0 Å². The number of carbonyl (C=O) groups is 1. The zero-order chi connectivity index (χ0) is 17.1. The van der Waals surface area contributed by atoms with E-state index in [-0.39, 0.29) is 11.5 Å². The number of pyridine rings is 1. The molecule has 6 nitrogen and oxygen atoms in total. The summed E-state index contributed by atoms with van der Waals surface area (Å²) < 4.78 is 15.3. The van der Waals surface area contributed by atoms with Crippen molar-refractivity contribution in [3.8, 4) is 0 Å². The number of carbonyl (C=O) groups excluding carboxylic acids is 1. The minimum Gasteiger partial charge on any atom is -0.350 e. The third-order valence-corrected chi connectivity index (χ3v) is 3.81. The number of amides is 1. The van der Waals surface area contributed by atoms with Crippen LogP contribution in [0.2, 0.25) is 0 Å². The molecule has 0 bridgehead atoms. The Balaban J connectivity index is 1.78. The number of aromatic amines is 1. The number of aryl methyl sites for hydroxylation is 1. The molecule has 0 fully saturated rings. The molecular weight excluding hydrogens is 311 g/mol. The predicted octanol–water partition coefficient (Wildman–Crippen LogP) is 1.86. The van der Waals surface area contributed by atoms with Crippen LogP contribution >= 0.6 is 0 Å².